The predicted octanol–water partition coefficient (Wildman–Crippen LogP) is 1.63. The summed E-state index contributed by atoms with van der Waals surface area (Å²) in [5.74, 6) is 0.142. The molecule has 0 radical (unpaired) electrons. The average Bonchev–Trinajstić information content (AvgIpc) is 2.54. The summed E-state index contributed by atoms with van der Waals surface area (Å²) in [5, 5.41) is 3.00. The van der Waals surface area contributed by atoms with Crippen molar-refractivity contribution in [1.82, 2.24) is 10.2 Å². The molecule has 1 heterocycles. The fourth-order valence-electron chi connectivity index (χ4n) is 2.47. The normalized spacial score (nSPS) is 15.9. The Bertz CT molecular complexity index is 425. The Kier molecular flexibility index (Phi) is 6.70. The Morgan fingerprint density at radius 1 is 1.19 bits per heavy atom. The van der Waals surface area contributed by atoms with E-state index in [1.807, 2.05) is 0 Å². The highest BCUT2D eigenvalue weighted by Gasteiger charge is 2.10. The zero-order valence-electron chi connectivity index (χ0n) is 12.9. The molecule has 1 aliphatic rings. The van der Waals surface area contributed by atoms with E-state index in [0.717, 1.165) is 52.2 Å². The lowest BCUT2D eigenvalue weighted by molar-refractivity contribution is -0.121. The Hall–Kier alpha value is -1.39. The third-order valence-corrected chi connectivity index (χ3v) is 3.93. The summed E-state index contributed by atoms with van der Waals surface area (Å²) in [4.78, 5) is 14.2. The van der Waals surface area contributed by atoms with Gasteiger partial charge in [0.25, 0.3) is 0 Å². The molecule has 0 saturated carbocycles. The second kappa shape index (κ2) is 8.80. The second-order valence-corrected chi connectivity index (χ2v) is 5.47. The number of carbonyl (C=O) groups is 1. The SMILES string of the molecule is CCc1ccc(CCC(=O)NCCN2CCOCC2)cc1. The second-order valence-electron chi connectivity index (χ2n) is 5.47. The van der Waals surface area contributed by atoms with Crippen molar-refractivity contribution in [2.24, 2.45) is 0 Å². The minimum Gasteiger partial charge on any atom is -0.379 e. The minimum atomic E-state index is 0.142. The molecule has 1 aromatic rings. The van der Waals surface area contributed by atoms with Crippen LogP contribution in [0.4, 0.5) is 0 Å². The summed E-state index contributed by atoms with van der Waals surface area (Å²) >= 11 is 0. The number of rotatable bonds is 7. The smallest absolute Gasteiger partial charge is 0.220 e. The molecule has 0 atom stereocenters. The third kappa shape index (κ3) is 5.86. The molecule has 1 saturated heterocycles. The van der Waals surface area contributed by atoms with Crippen LogP contribution >= 0.6 is 0 Å². The van der Waals surface area contributed by atoms with E-state index in [1.165, 1.54) is 11.1 Å². The predicted molar refractivity (Wildman–Crippen MR) is 84.4 cm³/mol. The van der Waals surface area contributed by atoms with E-state index in [-0.39, 0.29) is 5.91 Å². The number of hydrogen-bond acceptors (Lipinski definition) is 3. The highest BCUT2D eigenvalue weighted by atomic mass is 16.5. The molecule has 4 nitrogen and oxygen atoms in total. The standard InChI is InChI=1S/C17H26N2O2/c1-2-15-3-5-16(6-4-15)7-8-17(20)18-9-10-19-11-13-21-14-12-19/h3-6H,2,7-14H2,1H3,(H,18,20). The summed E-state index contributed by atoms with van der Waals surface area (Å²) in [7, 11) is 0. The monoisotopic (exact) mass is 290 g/mol. The van der Waals surface area contributed by atoms with Crippen LogP contribution in [-0.2, 0) is 22.4 Å². The van der Waals surface area contributed by atoms with Crippen molar-refractivity contribution in [2.45, 2.75) is 26.2 Å². The van der Waals surface area contributed by atoms with Gasteiger partial charge < -0.3 is 10.1 Å². The number of hydrogen-bond donors (Lipinski definition) is 1. The lowest BCUT2D eigenvalue weighted by Gasteiger charge is -2.26. The quantitative estimate of drug-likeness (QED) is 0.830. The van der Waals surface area contributed by atoms with Gasteiger partial charge in [-0.05, 0) is 24.0 Å². The van der Waals surface area contributed by atoms with Gasteiger partial charge in [-0.1, -0.05) is 31.2 Å². The highest BCUT2D eigenvalue weighted by molar-refractivity contribution is 5.76. The lowest BCUT2D eigenvalue weighted by atomic mass is 10.1. The maximum absolute atomic E-state index is 11.8. The zero-order valence-corrected chi connectivity index (χ0v) is 12.9. The molecule has 1 aromatic carbocycles. The summed E-state index contributed by atoms with van der Waals surface area (Å²) < 4.78 is 5.30. The Morgan fingerprint density at radius 3 is 2.52 bits per heavy atom. The van der Waals surface area contributed by atoms with Crippen LogP contribution in [0.25, 0.3) is 0 Å². The largest absolute Gasteiger partial charge is 0.379 e. The highest BCUT2D eigenvalue weighted by Crippen LogP contribution is 2.07. The van der Waals surface area contributed by atoms with E-state index in [1.54, 1.807) is 0 Å². The van der Waals surface area contributed by atoms with E-state index in [2.05, 4.69) is 41.4 Å². The number of amides is 1. The van der Waals surface area contributed by atoms with Crippen LogP contribution in [0.5, 0.6) is 0 Å². The Balaban J connectivity index is 1.60. The number of morpholine rings is 1. The maximum atomic E-state index is 11.8. The number of ether oxygens (including phenoxy) is 1. The van der Waals surface area contributed by atoms with Gasteiger partial charge in [0, 0.05) is 32.6 Å². The molecule has 1 amide bonds. The van der Waals surface area contributed by atoms with Crippen LogP contribution in [0.1, 0.15) is 24.5 Å². The molecule has 1 fully saturated rings. The van der Waals surface area contributed by atoms with Gasteiger partial charge in [-0.2, -0.15) is 0 Å². The molecular formula is C17H26N2O2. The fourth-order valence-corrected chi connectivity index (χ4v) is 2.47. The van der Waals surface area contributed by atoms with Crippen molar-refractivity contribution < 1.29 is 9.53 Å². The molecular weight excluding hydrogens is 264 g/mol. The molecule has 0 spiro atoms. The topological polar surface area (TPSA) is 41.6 Å². The number of nitrogens with zero attached hydrogens (tertiary/aromatic N) is 1. The van der Waals surface area contributed by atoms with E-state index in [9.17, 15) is 4.79 Å². The van der Waals surface area contributed by atoms with Gasteiger partial charge >= 0.3 is 0 Å². The van der Waals surface area contributed by atoms with Gasteiger partial charge in [0.2, 0.25) is 5.91 Å². The summed E-state index contributed by atoms with van der Waals surface area (Å²) in [5.41, 5.74) is 2.57. The molecule has 4 heteroatoms. The Labute approximate surface area is 127 Å². The lowest BCUT2D eigenvalue weighted by Crippen LogP contribution is -2.41. The zero-order chi connectivity index (χ0) is 14.9. The molecule has 1 aliphatic heterocycles. The van der Waals surface area contributed by atoms with Crippen LogP contribution < -0.4 is 5.32 Å². The molecule has 0 aromatic heterocycles. The van der Waals surface area contributed by atoms with Crippen LogP contribution in [-0.4, -0.2) is 50.2 Å². The van der Waals surface area contributed by atoms with Gasteiger partial charge in [-0.25, -0.2) is 0 Å². The van der Waals surface area contributed by atoms with Crippen LogP contribution in [0, 0.1) is 0 Å². The number of nitrogens with one attached hydrogen (secondary N) is 1. The van der Waals surface area contributed by atoms with Crippen molar-refractivity contribution in [1.29, 1.82) is 0 Å². The van der Waals surface area contributed by atoms with Crippen LogP contribution in [0.2, 0.25) is 0 Å². The Morgan fingerprint density at radius 2 is 1.86 bits per heavy atom. The molecule has 0 unspecified atom stereocenters. The van der Waals surface area contributed by atoms with Gasteiger partial charge in [0.15, 0.2) is 0 Å². The number of benzene rings is 1. The van der Waals surface area contributed by atoms with E-state index >= 15 is 0 Å². The van der Waals surface area contributed by atoms with Crippen molar-refractivity contribution in [3.8, 4) is 0 Å². The molecule has 21 heavy (non-hydrogen) atoms. The molecule has 1 N–H and O–H groups in total. The van der Waals surface area contributed by atoms with Crippen molar-refractivity contribution in [2.75, 3.05) is 39.4 Å². The first-order valence-corrected chi connectivity index (χ1v) is 7.92. The average molecular weight is 290 g/mol. The van der Waals surface area contributed by atoms with Crippen molar-refractivity contribution in [3.63, 3.8) is 0 Å². The number of aryl methyl sites for hydroxylation is 2. The van der Waals surface area contributed by atoms with E-state index in [0.29, 0.717) is 6.42 Å². The van der Waals surface area contributed by atoms with Gasteiger partial charge in [-0.15, -0.1) is 0 Å². The van der Waals surface area contributed by atoms with Crippen molar-refractivity contribution >= 4 is 5.91 Å². The first-order valence-electron chi connectivity index (χ1n) is 7.92. The first kappa shape index (κ1) is 16.0. The minimum absolute atomic E-state index is 0.142. The molecule has 0 bridgehead atoms. The summed E-state index contributed by atoms with van der Waals surface area (Å²) in [6, 6.07) is 8.54. The summed E-state index contributed by atoms with van der Waals surface area (Å²) in [6.45, 7) is 7.35. The first-order chi connectivity index (χ1) is 10.3. The van der Waals surface area contributed by atoms with Crippen molar-refractivity contribution in [3.05, 3.63) is 35.4 Å². The number of carbonyl (C=O) groups excluding carboxylic acids is 1. The van der Waals surface area contributed by atoms with Crippen LogP contribution in [0.15, 0.2) is 24.3 Å². The van der Waals surface area contributed by atoms with Gasteiger partial charge in [0.05, 0.1) is 13.2 Å². The fraction of sp³-hybridized carbons (Fsp3) is 0.588. The van der Waals surface area contributed by atoms with Gasteiger partial charge in [0.1, 0.15) is 0 Å². The van der Waals surface area contributed by atoms with Gasteiger partial charge in [-0.3, -0.25) is 9.69 Å². The molecule has 0 aliphatic carbocycles. The van der Waals surface area contributed by atoms with Crippen LogP contribution in [0.3, 0.4) is 0 Å². The summed E-state index contributed by atoms with van der Waals surface area (Å²) in [6.07, 6.45) is 2.43. The van der Waals surface area contributed by atoms with E-state index in [4.69, 9.17) is 4.74 Å². The van der Waals surface area contributed by atoms with E-state index < -0.39 is 0 Å². The maximum Gasteiger partial charge on any atom is 0.220 e. The third-order valence-electron chi connectivity index (χ3n) is 3.93. The molecule has 2 rings (SSSR count). The molecule has 116 valence electrons.